The number of hydrogen-bond donors (Lipinski definition) is 1. The van der Waals surface area contributed by atoms with Gasteiger partial charge in [-0.05, 0) is 72.2 Å². The number of hydrogen-bond acceptors (Lipinski definition) is 4. The Labute approximate surface area is 181 Å². The molecule has 0 atom stereocenters. The molecule has 0 spiro atoms. The van der Waals surface area contributed by atoms with Crippen LogP contribution in [0.1, 0.15) is 24.4 Å². The number of fused-ring (bicyclic) bond motifs is 1. The van der Waals surface area contributed by atoms with Gasteiger partial charge in [0.05, 0.1) is 0 Å². The van der Waals surface area contributed by atoms with E-state index in [0.717, 1.165) is 33.8 Å². The third-order valence-corrected chi connectivity index (χ3v) is 5.74. The zero-order valence-electron chi connectivity index (χ0n) is 15.4. The van der Waals surface area contributed by atoms with Crippen LogP contribution in [0, 0.1) is 0 Å². The third-order valence-electron chi connectivity index (χ3n) is 4.95. The van der Waals surface area contributed by atoms with Crippen LogP contribution < -0.4 is 10.1 Å². The largest absolute Gasteiger partial charge is 0.486 e. The average Bonchev–Trinajstić information content (AvgIpc) is 3.37. The van der Waals surface area contributed by atoms with Crippen LogP contribution in [0.5, 0.6) is 5.75 Å². The molecule has 1 saturated heterocycles. The first-order chi connectivity index (χ1) is 14.1. The predicted molar refractivity (Wildman–Crippen MR) is 118 cm³/mol. The maximum atomic E-state index is 12.5. The zero-order chi connectivity index (χ0) is 20.0. The van der Waals surface area contributed by atoms with Crippen LogP contribution >= 0.6 is 28.1 Å². The Morgan fingerprint density at radius 3 is 2.79 bits per heavy atom. The van der Waals surface area contributed by atoms with Gasteiger partial charge < -0.3 is 14.5 Å². The SMILES string of the molecule is O=C1/C(=C\c2ccc(COc3ccc4cc(Br)ccc4c3)o2)NC(=S)N1C1CC1. The summed E-state index contributed by atoms with van der Waals surface area (Å²) < 4.78 is 12.7. The number of nitrogens with zero attached hydrogens (tertiary/aromatic N) is 1. The fraction of sp³-hybridized carbons (Fsp3) is 0.182. The summed E-state index contributed by atoms with van der Waals surface area (Å²) in [6.07, 6.45) is 3.71. The Hall–Kier alpha value is -2.64. The van der Waals surface area contributed by atoms with Crippen molar-refractivity contribution in [3.8, 4) is 5.75 Å². The Morgan fingerprint density at radius 1 is 1.17 bits per heavy atom. The molecule has 5 rings (SSSR count). The van der Waals surface area contributed by atoms with E-state index < -0.39 is 0 Å². The molecule has 1 N–H and O–H groups in total. The van der Waals surface area contributed by atoms with Crippen molar-refractivity contribution >= 4 is 56.0 Å². The molecule has 0 unspecified atom stereocenters. The number of nitrogens with one attached hydrogen (secondary N) is 1. The minimum atomic E-state index is -0.0884. The molecule has 2 fully saturated rings. The first kappa shape index (κ1) is 18.4. The van der Waals surface area contributed by atoms with E-state index >= 15 is 0 Å². The summed E-state index contributed by atoms with van der Waals surface area (Å²) in [7, 11) is 0. The average molecular weight is 469 g/mol. The number of furan rings is 1. The highest BCUT2D eigenvalue weighted by Gasteiger charge is 2.41. The summed E-state index contributed by atoms with van der Waals surface area (Å²) in [4.78, 5) is 14.1. The van der Waals surface area contributed by atoms with Crippen LogP contribution in [-0.2, 0) is 11.4 Å². The normalized spacial score (nSPS) is 18.0. The Kier molecular flexibility index (Phi) is 4.64. The summed E-state index contributed by atoms with van der Waals surface area (Å²) in [5.41, 5.74) is 0.449. The highest BCUT2D eigenvalue weighted by Crippen LogP contribution is 2.31. The number of rotatable bonds is 5. The van der Waals surface area contributed by atoms with E-state index in [2.05, 4.69) is 27.3 Å². The summed E-state index contributed by atoms with van der Waals surface area (Å²) in [5, 5.41) is 5.71. The quantitative estimate of drug-likeness (QED) is 0.422. The van der Waals surface area contributed by atoms with E-state index in [1.807, 2.05) is 42.5 Å². The van der Waals surface area contributed by atoms with Gasteiger partial charge in [0.25, 0.3) is 5.91 Å². The van der Waals surface area contributed by atoms with Gasteiger partial charge in [-0.15, -0.1) is 0 Å². The van der Waals surface area contributed by atoms with Crippen LogP contribution in [0.15, 0.2) is 63.1 Å². The van der Waals surface area contributed by atoms with E-state index in [0.29, 0.717) is 28.9 Å². The fourth-order valence-electron chi connectivity index (χ4n) is 3.34. The van der Waals surface area contributed by atoms with Gasteiger partial charge in [-0.2, -0.15) is 0 Å². The summed E-state index contributed by atoms with van der Waals surface area (Å²) in [6.45, 7) is 0.305. The van der Waals surface area contributed by atoms with Gasteiger partial charge in [-0.3, -0.25) is 9.69 Å². The molecule has 2 aliphatic rings. The first-order valence-corrected chi connectivity index (χ1v) is 10.5. The van der Waals surface area contributed by atoms with Crippen LogP contribution in [0.25, 0.3) is 16.8 Å². The molecule has 1 amide bonds. The molecule has 3 aromatic rings. The number of carbonyl (C=O) groups excluding carboxylic acids is 1. The second-order valence-corrected chi connectivity index (χ2v) is 8.44. The maximum Gasteiger partial charge on any atom is 0.276 e. The summed E-state index contributed by atoms with van der Waals surface area (Å²) >= 11 is 8.75. The smallest absolute Gasteiger partial charge is 0.276 e. The summed E-state index contributed by atoms with van der Waals surface area (Å²) in [6, 6.07) is 16.0. The van der Waals surface area contributed by atoms with E-state index in [1.165, 1.54) is 0 Å². The van der Waals surface area contributed by atoms with E-state index in [9.17, 15) is 4.79 Å². The van der Waals surface area contributed by atoms with Crippen LogP contribution in [0.3, 0.4) is 0 Å². The standard InChI is InChI=1S/C22H17BrN2O3S/c23-15-3-1-14-10-17(6-2-13(14)9-15)27-12-19-8-7-18(28-19)11-20-21(26)25(16-4-5-16)22(29)24-20/h1-3,6-11,16H,4-5,12H2,(H,24,29)/b20-11+. The lowest BCUT2D eigenvalue weighted by atomic mass is 10.1. The monoisotopic (exact) mass is 468 g/mol. The number of benzene rings is 2. The minimum Gasteiger partial charge on any atom is -0.486 e. The van der Waals surface area contributed by atoms with E-state index in [4.69, 9.17) is 21.4 Å². The van der Waals surface area contributed by atoms with E-state index in [-0.39, 0.29) is 11.9 Å². The molecule has 2 heterocycles. The molecule has 5 nitrogen and oxygen atoms in total. The van der Waals surface area contributed by atoms with Crippen LogP contribution in [0.4, 0.5) is 0 Å². The van der Waals surface area contributed by atoms with Crippen molar-refractivity contribution in [1.82, 2.24) is 10.2 Å². The third kappa shape index (κ3) is 3.80. The number of thiocarbonyl (C=S) groups is 1. The Balaban J connectivity index is 1.26. The number of amides is 1. The van der Waals surface area contributed by atoms with Crippen molar-refractivity contribution in [2.45, 2.75) is 25.5 Å². The Morgan fingerprint density at radius 2 is 1.97 bits per heavy atom. The lowest BCUT2D eigenvalue weighted by molar-refractivity contribution is -0.122. The number of carbonyl (C=O) groups is 1. The molecular weight excluding hydrogens is 452 g/mol. The van der Waals surface area contributed by atoms with Gasteiger partial charge in [-0.1, -0.05) is 28.1 Å². The lowest BCUT2D eigenvalue weighted by Gasteiger charge is -2.11. The molecule has 7 heteroatoms. The molecule has 1 aromatic heterocycles. The number of halogens is 1. The van der Waals surface area contributed by atoms with Crippen LogP contribution in [-0.4, -0.2) is 22.0 Å². The molecule has 1 aliphatic heterocycles. The second-order valence-electron chi connectivity index (χ2n) is 7.14. The fourth-order valence-corrected chi connectivity index (χ4v) is 4.06. The molecule has 0 radical (unpaired) electrons. The molecule has 2 aromatic carbocycles. The Bertz CT molecular complexity index is 1170. The molecule has 29 heavy (non-hydrogen) atoms. The van der Waals surface area contributed by atoms with Crippen molar-refractivity contribution < 1.29 is 13.9 Å². The van der Waals surface area contributed by atoms with Crippen molar-refractivity contribution in [2.24, 2.45) is 0 Å². The van der Waals surface area contributed by atoms with Crippen molar-refractivity contribution in [3.05, 3.63) is 70.2 Å². The van der Waals surface area contributed by atoms with E-state index in [1.54, 1.807) is 11.0 Å². The topological polar surface area (TPSA) is 54.7 Å². The zero-order valence-corrected chi connectivity index (χ0v) is 17.8. The summed E-state index contributed by atoms with van der Waals surface area (Å²) in [5.74, 6) is 1.95. The van der Waals surface area contributed by atoms with Gasteiger partial charge in [0.15, 0.2) is 5.11 Å². The van der Waals surface area contributed by atoms with Gasteiger partial charge in [0.1, 0.15) is 29.6 Å². The van der Waals surface area contributed by atoms with Gasteiger partial charge >= 0.3 is 0 Å². The molecule has 0 bridgehead atoms. The highest BCUT2D eigenvalue weighted by molar-refractivity contribution is 9.10. The molecule has 146 valence electrons. The minimum absolute atomic E-state index is 0.0884. The molecule has 1 aliphatic carbocycles. The van der Waals surface area contributed by atoms with Crippen molar-refractivity contribution in [1.29, 1.82) is 0 Å². The van der Waals surface area contributed by atoms with Crippen molar-refractivity contribution in [2.75, 3.05) is 0 Å². The second kappa shape index (κ2) is 7.31. The van der Waals surface area contributed by atoms with Gasteiger partial charge in [0.2, 0.25) is 0 Å². The lowest BCUT2D eigenvalue weighted by Crippen LogP contribution is -2.32. The van der Waals surface area contributed by atoms with Gasteiger partial charge in [-0.25, -0.2) is 0 Å². The van der Waals surface area contributed by atoms with Crippen LogP contribution in [0.2, 0.25) is 0 Å². The highest BCUT2D eigenvalue weighted by atomic mass is 79.9. The predicted octanol–water partition coefficient (Wildman–Crippen LogP) is 4.99. The molecule has 1 saturated carbocycles. The van der Waals surface area contributed by atoms with Gasteiger partial charge in [0, 0.05) is 16.6 Å². The maximum absolute atomic E-state index is 12.5. The van der Waals surface area contributed by atoms with Crippen molar-refractivity contribution in [3.63, 3.8) is 0 Å². The molecular formula is C22H17BrN2O3S. The first-order valence-electron chi connectivity index (χ1n) is 9.34. The number of ether oxygens (including phenoxy) is 1.